The number of nitrogens with one attached hydrogen (secondary N) is 2. The van der Waals surface area contributed by atoms with Crippen molar-refractivity contribution in [3.8, 4) is 0 Å². The van der Waals surface area contributed by atoms with Crippen LogP contribution in [0.15, 0.2) is 36.7 Å². The van der Waals surface area contributed by atoms with Gasteiger partial charge in [0.2, 0.25) is 0 Å². The molecular weight excluding hydrogens is 252 g/mol. The van der Waals surface area contributed by atoms with Gasteiger partial charge >= 0.3 is 0 Å². The van der Waals surface area contributed by atoms with Crippen LogP contribution in [0.4, 0.5) is 11.5 Å². The summed E-state index contributed by atoms with van der Waals surface area (Å²) in [5.41, 5.74) is 2.14. The molecule has 0 aliphatic carbocycles. The number of aryl methyl sites for hydroxylation is 1. The lowest BCUT2D eigenvalue weighted by Gasteiger charge is -2.07. The largest absolute Gasteiger partial charge is 0.369 e. The minimum atomic E-state index is -0.261. The van der Waals surface area contributed by atoms with Crippen molar-refractivity contribution in [1.29, 1.82) is 0 Å². The lowest BCUT2D eigenvalue weighted by Crippen LogP contribution is -2.15. The summed E-state index contributed by atoms with van der Waals surface area (Å²) < 4.78 is 0. The molecule has 2 N–H and O–H groups in total. The lowest BCUT2D eigenvalue weighted by atomic mass is 10.2. The molecule has 0 aliphatic heterocycles. The molecular formula is C15H18N4O. The van der Waals surface area contributed by atoms with Gasteiger partial charge < -0.3 is 10.6 Å². The van der Waals surface area contributed by atoms with Crippen molar-refractivity contribution in [3.63, 3.8) is 0 Å². The standard InChI is InChI=1S/C15H18N4O/c1-3-7-17-14-10-16-9-13(19-14)15(20)18-12-6-4-5-11(2)8-12/h4-6,8-10H,3,7H2,1-2H3,(H,17,19)(H,18,20). The summed E-state index contributed by atoms with van der Waals surface area (Å²) in [5, 5.41) is 5.92. The van der Waals surface area contributed by atoms with Gasteiger partial charge in [0.1, 0.15) is 11.5 Å². The number of benzene rings is 1. The van der Waals surface area contributed by atoms with Gasteiger partial charge in [-0.3, -0.25) is 9.78 Å². The molecule has 2 aromatic rings. The third-order valence-corrected chi connectivity index (χ3v) is 2.70. The number of rotatable bonds is 5. The van der Waals surface area contributed by atoms with Crippen LogP contribution < -0.4 is 10.6 Å². The molecule has 1 aromatic carbocycles. The van der Waals surface area contributed by atoms with Gasteiger partial charge in [0, 0.05) is 12.2 Å². The summed E-state index contributed by atoms with van der Waals surface area (Å²) in [6.45, 7) is 4.84. The average molecular weight is 270 g/mol. The van der Waals surface area contributed by atoms with Crippen LogP contribution in [0.1, 0.15) is 29.4 Å². The van der Waals surface area contributed by atoms with Gasteiger partial charge in [-0.05, 0) is 31.0 Å². The minimum Gasteiger partial charge on any atom is -0.369 e. The Morgan fingerprint density at radius 3 is 2.90 bits per heavy atom. The normalized spacial score (nSPS) is 10.1. The number of nitrogens with zero attached hydrogens (tertiary/aromatic N) is 2. The first-order chi connectivity index (χ1) is 9.69. The molecule has 0 aliphatic rings. The maximum Gasteiger partial charge on any atom is 0.275 e. The summed E-state index contributed by atoms with van der Waals surface area (Å²) in [4.78, 5) is 20.4. The monoisotopic (exact) mass is 270 g/mol. The van der Waals surface area contributed by atoms with Crippen LogP contribution in [0, 0.1) is 6.92 Å². The number of carbonyl (C=O) groups is 1. The van der Waals surface area contributed by atoms with Gasteiger partial charge in [-0.25, -0.2) is 4.98 Å². The minimum absolute atomic E-state index is 0.261. The molecule has 0 saturated carbocycles. The van der Waals surface area contributed by atoms with Crippen LogP contribution in [0.5, 0.6) is 0 Å². The maximum atomic E-state index is 12.1. The molecule has 104 valence electrons. The zero-order valence-corrected chi connectivity index (χ0v) is 11.7. The van der Waals surface area contributed by atoms with Crippen LogP contribution in [0.2, 0.25) is 0 Å². The van der Waals surface area contributed by atoms with Gasteiger partial charge in [-0.15, -0.1) is 0 Å². The quantitative estimate of drug-likeness (QED) is 0.876. The smallest absolute Gasteiger partial charge is 0.275 e. The van der Waals surface area contributed by atoms with E-state index in [2.05, 4.69) is 27.5 Å². The molecule has 0 bridgehead atoms. The summed E-state index contributed by atoms with van der Waals surface area (Å²) in [6.07, 6.45) is 4.06. The molecule has 5 nitrogen and oxygen atoms in total. The molecule has 2 rings (SSSR count). The highest BCUT2D eigenvalue weighted by Crippen LogP contribution is 2.11. The summed E-state index contributed by atoms with van der Waals surface area (Å²) >= 11 is 0. The highest BCUT2D eigenvalue weighted by atomic mass is 16.1. The van der Waals surface area contributed by atoms with E-state index >= 15 is 0 Å². The number of anilines is 2. The highest BCUT2D eigenvalue weighted by Gasteiger charge is 2.09. The number of hydrogen-bond donors (Lipinski definition) is 2. The Kier molecular flexibility index (Phi) is 4.65. The van der Waals surface area contributed by atoms with E-state index in [-0.39, 0.29) is 5.91 Å². The third kappa shape index (κ3) is 3.78. The maximum absolute atomic E-state index is 12.1. The van der Waals surface area contributed by atoms with Gasteiger partial charge in [-0.1, -0.05) is 19.1 Å². The molecule has 1 aromatic heterocycles. The molecule has 20 heavy (non-hydrogen) atoms. The van der Waals surface area contributed by atoms with Gasteiger partial charge in [0.05, 0.1) is 12.4 Å². The average Bonchev–Trinajstić information content (AvgIpc) is 2.45. The number of carbonyl (C=O) groups excluding carboxylic acids is 1. The Morgan fingerprint density at radius 2 is 2.15 bits per heavy atom. The molecule has 1 amide bonds. The predicted octanol–water partition coefficient (Wildman–Crippen LogP) is 2.86. The second-order valence-electron chi connectivity index (χ2n) is 4.54. The van der Waals surface area contributed by atoms with E-state index < -0.39 is 0 Å². The van der Waals surface area contributed by atoms with Crippen LogP contribution in [0.3, 0.4) is 0 Å². The van der Waals surface area contributed by atoms with E-state index in [0.717, 1.165) is 24.2 Å². The molecule has 1 heterocycles. The lowest BCUT2D eigenvalue weighted by molar-refractivity contribution is 0.102. The van der Waals surface area contributed by atoms with Crippen LogP contribution >= 0.6 is 0 Å². The van der Waals surface area contributed by atoms with Crippen molar-refractivity contribution >= 4 is 17.4 Å². The second kappa shape index (κ2) is 6.65. The third-order valence-electron chi connectivity index (χ3n) is 2.70. The summed E-state index contributed by atoms with van der Waals surface area (Å²) in [5.74, 6) is 0.354. The van der Waals surface area contributed by atoms with E-state index in [9.17, 15) is 4.79 Å². The number of hydrogen-bond acceptors (Lipinski definition) is 4. The van der Waals surface area contributed by atoms with E-state index in [1.807, 2.05) is 31.2 Å². The topological polar surface area (TPSA) is 66.9 Å². The van der Waals surface area contributed by atoms with E-state index in [1.165, 1.54) is 6.20 Å². The Morgan fingerprint density at radius 1 is 1.30 bits per heavy atom. The van der Waals surface area contributed by atoms with E-state index in [0.29, 0.717) is 11.5 Å². The van der Waals surface area contributed by atoms with Crippen LogP contribution in [0.25, 0.3) is 0 Å². The first-order valence-corrected chi connectivity index (χ1v) is 6.63. The fraction of sp³-hybridized carbons (Fsp3) is 0.267. The van der Waals surface area contributed by atoms with Crippen molar-refractivity contribution in [1.82, 2.24) is 9.97 Å². The predicted molar refractivity (Wildman–Crippen MR) is 79.9 cm³/mol. The van der Waals surface area contributed by atoms with Crippen molar-refractivity contribution in [2.45, 2.75) is 20.3 Å². The van der Waals surface area contributed by atoms with Crippen LogP contribution in [-0.4, -0.2) is 22.4 Å². The highest BCUT2D eigenvalue weighted by molar-refractivity contribution is 6.02. The molecule has 0 unspecified atom stereocenters. The second-order valence-corrected chi connectivity index (χ2v) is 4.54. The SMILES string of the molecule is CCCNc1cncc(C(=O)Nc2cccc(C)c2)n1. The molecule has 0 spiro atoms. The van der Waals surface area contributed by atoms with Crippen molar-refractivity contribution in [2.24, 2.45) is 0 Å². The van der Waals surface area contributed by atoms with Gasteiger partial charge in [0.25, 0.3) is 5.91 Å². The van der Waals surface area contributed by atoms with Crippen molar-refractivity contribution in [3.05, 3.63) is 47.9 Å². The Hall–Kier alpha value is -2.43. The van der Waals surface area contributed by atoms with Crippen molar-refractivity contribution < 1.29 is 4.79 Å². The molecule has 0 saturated heterocycles. The molecule has 0 radical (unpaired) electrons. The molecule has 0 fully saturated rings. The summed E-state index contributed by atoms with van der Waals surface area (Å²) in [6, 6.07) is 7.63. The van der Waals surface area contributed by atoms with Gasteiger partial charge in [0.15, 0.2) is 0 Å². The van der Waals surface area contributed by atoms with Gasteiger partial charge in [-0.2, -0.15) is 0 Å². The summed E-state index contributed by atoms with van der Waals surface area (Å²) in [7, 11) is 0. The zero-order valence-electron chi connectivity index (χ0n) is 11.7. The molecule has 5 heteroatoms. The first-order valence-electron chi connectivity index (χ1n) is 6.63. The fourth-order valence-corrected chi connectivity index (χ4v) is 1.73. The van der Waals surface area contributed by atoms with Crippen molar-refractivity contribution in [2.75, 3.05) is 17.2 Å². The Balaban J connectivity index is 2.09. The first kappa shape index (κ1) is 14.0. The van der Waals surface area contributed by atoms with Crippen LogP contribution in [-0.2, 0) is 0 Å². The fourth-order valence-electron chi connectivity index (χ4n) is 1.73. The number of amides is 1. The van der Waals surface area contributed by atoms with E-state index in [4.69, 9.17) is 0 Å². The Labute approximate surface area is 118 Å². The van der Waals surface area contributed by atoms with E-state index in [1.54, 1.807) is 6.20 Å². The number of aromatic nitrogens is 2. The molecule has 0 atom stereocenters. The zero-order chi connectivity index (χ0) is 14.4. The Bertz CT molecular complexity index is 598.